The van der Waals surface area contributed by atoms with Crippen LogP contribution in [-0.2, 0) is 13.6 Å². The van der Waals surface area contributed by atoms with Gasteiger partial charge in [-0.1, -0.05) is 31.9 Å². The lowest BCUT2D eigenvalue weighted by Gasteiger charge is -2.31. The maximum absolute atomic E-state index is 4.11. The Labute approximate surface area is 110 Å². The van der Waals surface area contributed by atoms with Crippen molar-refractivity contribution < 1.29 is 0 Å². The molecule has 0 aliphatic heterocycles. The van der Waals surface area contributed by atoms with Crippen molar-refractivity contribution in [1.29, 1.82) is 0 Å². The van der Waals surface area contributed by atoms with Crippen LogP contribution in [0, 0.1) is 11.3 Å². The molecule has 0 aromatic carbocycles. The molecule has 1 aliphatic carbocycles. The van der Waals surface area contributed by atoms with Crippen molar-refractivity contribution in [1.82, 2.24) is 20.3 Å². The van der Waals surface area contributed by atoms with Gasteiger partial charge < -0.3 is 5.32 Å². The second-order valence-electron chi connectivity index (χ2n) is 6.29. The number of aromatic nitrogens is 3. The molecule has 4 nitrogen and oxygen atoms in total. The van der Waals surface area contributed by atoms with E-state index in [1.807, 2.05) is 13.2 Å². The van der Waals surface area contributed by atoms with E-state index in [0.29, 0.717) is 5.41 Å². The summed E-state index contributed by atoms with van der Waals surface area (Å²) < 4.78 is 1.76. The number of nitrogens with one attached hydrogen (secondary N) is 1. The van der Waals surface area contributed by atoms with Crippen LogP contribution in [0.4, 0.5) is 0 Å². The van der Waals surface area contributed by atoms with E-state index in [4.69, 9.17) is 0 Å². The van der Waals surface area contributed by atoms with Gasteiger partial charge in [-0.2, -0.15) is 0 Å². The molecule has 1 fully saturated rings. The Bertz CT molecular complexity index is 364. The summed E-state index contributed by atoms with van der Waals surface area (Å²) in [5, 5.41) is 11.7. The van der Waals surface area contributed by atoms with E-state index in [1.54, 1.807) is 4.68 Å². The molecule has 0 atom stereocenters. The third-order valence-corrected chi connectivity index (χ3v) is 3.96. The quantitative estimate of drug-likeness (QED) is 0.843. The van der Waals surface area contributed by atoms with Crippen molar-refractivity contribution in [2.45, 2.75) is 52.5 Å². The second-order valence-corrected chi connectivity index (χ2v) is 6.29. The van der Waals surface area contributed by atoms with Gasteiger partial charge in [-0.3, -0.25) is 4.68 Å². The Balaban J connectivity index is 1.82. The van der Waals surface area contributed by atoms with Gasteiger partial charge in [-0.25, -0.2) is 0 Å². The standard InChI is InChI=1S/C14H26N4/c1-12(2)8-14(6-4-5-7-14)11-15-9-13-10-18(3)17-16-13/h10,12,15H,4-9,11H2,1-3H3. The van der Waals surface area contributed by atoms with Crippen molar-refractivity contribution >= 4 is 0 Å². The zero-order valence-electron chi connectivity index (χ0n) is 11.9. The fraction of sp³-hybridized carbons (Fsp3) is 0.857. The summed E-state index contributed by atoms with van der Waals surface area (Å²) in [6.45, 7) is 6.64. The van der Waals surface area contributed by atoms with Crippen LogP contribution in [0.3, 0.4) is 0 Å². The Kier molecular flexibility index (Phi) is 4.38. The lowest BCUT2D eigenvalue weighted by atomic mass is 9.78. The molecule has 1 aromatic heterocycles. The zero-order valence-corrected chi connectivity index (χ0v) is 11.9. The monoisotopic (exact) mass is 250 g/mol. The van der Waals surface area contributed by atoms with E-state index in [-0.39, 0.29) is 0 Å². The molecule has 1 aromatic rings. The number of nitrogens with zero attached hydrogens (tertiary/aromatic N) is 3. The van der Waals surface area contributed by atoms with Crippen LogP contribution in [0.5, 0.6) is 0 Å². The lowest BCUT2D eigenvalue weighted by molar-refractivity contribution is 0.223. The van der Waals surface area contributed by atoms with Crippen LogP contribution in [0.2, 0.25) is 0 Å². The molecule has 0 radical (unpaired) electrons. The number of aryl methyl sites for hydroxylation is 1. The highest BCUT2D eigenvalue weighted by Gasteiger charge is 2.33. The minimum absolute atomic E-state index is 0.538. The van der Waals surface area contributed by atoms with Gasteiger partial charge in [-0.15, -0.1) is 5.10 Å². The molecule has 1 saturated carbocycles. The van der Waals surface area contributed by atoms with Crippen molar-refractivity contribution in [2.75, 3.05) is 6.54 Å². The summed E-state index contributed by atoms with van der Waals surface area (Å²) in [5.41, 5.74) is 1.58. The van der Waals surface area contributed by atoms with Crippen LogP contribution in [0.15, 0.2) is 6.20 Å². The first kappa shape index (κ1) is 13.5. The molecular formula is C14H26N4. The summed E-state index contributed by atoms with van der Waals surface area (Å²) in [7, 11) is 1.91. The molecule has 102 valence electrons. The number of hydrogen-bond acceptors (Lipinski definition) is 3. The van der Waals surface area contributed by atoms with Gasteiger partial charge in [0.1, 0.15) is 0 Å². The van der Waals surface area contributed by atoms with Gasteiger partial charge in [0.15, 0.2) is 0 Å². The maximum atomic E-state index is 4.11. The van der Waals surface area contributed by atoms with Gasteiger partial charge in [0.2, 0.25) is 0 Å². The Morgan fingerprint density at radius 1 is 1.39 bits per heavy atom. The second kappa shape index (κ2) is 5.83. The molecule has 0 bridgehead atoms. The SMILES string of the molecule is CC(C)CC1(CNCc2cn(C)nn2)CCCC1. The van der Waals surface area contributed by atoms with Gasteiger partial charge in [0.25, 0.3) is 0 Å². The molecule has 4 heteroatoms. The zero-order chi connectivity index (χ0) is 13.0. The van der Waals surface area contributed by atoms with E-state index >= 15 is 0 Å². The van der Waals surface area contributed by atoms with Gasteiger partial charge in [0.05, 0.1) is 5.69 Å². The van der Waals surface area contributed by atoms with Crippen molar-refractivity contribution in [2.24, 2.45) is 18.4 Å². The summed E-state index contributed by atoms with van der Waals surface area (Å²) in [4.78, 5) is 0. The van der Waals surface area contributed by atoms with Crippen molar-refractivity contribution in [3.05, 3.63) is 11.9 Å². The van der Waals surface area contributed by atoms with Crippen LogP contribution in [-0.4, -0.2) is 21.5 Å². The molecule has 1 aliphatic rings. The number of hydrogen-bond donors (Lipinski definition) is 1. The first-order valence-electron chi connectivity index (χ1n) is 7.16. The van der Waals surface area contributed by atoms with E-state index in [2.05, 4.69) is 29.5 Å². The summed E-state index contributed by atoms with van der Waals surface area (Å²) in [6.07, 6.45) is 8.91. The topological polar surface area (TPSA) is 42.7 Å². The minimum atomic E-state index is 0.538. The van der Waals surface area contributed by atoms with E-state index in [0.717, 1.165) is 24.7 Å². The fourth-order valence-electron chi connectivity index (χ4n) is 3.38. The molecular weight excluding hydrogens is 224 g/mol. The Hall–Kier alpha value is -0.900. The molecule has 0 unspecified atom stereocenters. The highest BCUT2D eigenvalue weighted by molar-refractivity contribution is 4.93. The maximum Gasteiger partial charge on any atom is 0.0964 e. The van der Waals surface area contributed by atoms with Crippen LogP contribution in [0.25, 0.3) is 0 Å². The minimum Gasteiger partial charge on any atom is -0.311 e. The molecule has 1 heterocycles. The lowest BCUT2D eigenvalue weighted by Crippen LogP contribution is -2.33. The predicted octanol–water partition coefficient (Wildman–Crippen LogP) is 2.51. The van der Waals surface area contributed by atoms with Gasteiger partial charge in [-0.05, 0) is 30.6 Å². The third kappa shape index (κ3) is 3.55. The summed E-state index contributed by atoms with van der Waals surface area (Å²) in [6, 6.07) is 0. The van der Waals surface area contributed by atoms with E-state index in [1.165, 1.54) is 32.1 Å². The third-order valence-electron chi connectivity index (χ3n) is 3.96. The summed E-state index contributed by atoms with van der Waals surface area (Å²) in [5.74, 6) is 0.793. The molecule has 2 rings (SSSR count). The van der Waals surface area contributed by atoms with Gasteiger partial charge in [0, 0.05) is 26.3 Å². The van der Waals surface area contributed by atoms with Crippen molar-refractivity contribution in [3.63, 3.8) is 0 Å². The first-order chi connectivity index (χ1) is 8.60. The van der Waals surface area contributed by atoms with Crippen LogP contribution < -0.4 is 5.32 Å². The molecule has 0 saturated heterocycles. The highest BCUT2D eigenvalue weighted by Crippen LogP contribution is 2.42. The molecule has 18 heavy (non-hydrogen) atoms. The summed E-state index contributed by atoms with van der Waals surface area (Å²) >= 11 is 0. The largest absolute Gasteiger partial charge is 0.311 e. The Morgan fingerprint density at radius 3 is 2.67 bits per heavy atom. The fourth-order valence-corrected chi connectivity index (χ4v) is 3.38. The smallest absolute Gasteiger partial charge is 0.0964 e. The molecule has 1 N–H and O–H groups in total. The van der Waals surface area contributed by atoms with Crippen LogP contribution >= 0.6 is 0 Å². The van der Waals surface area contributed by atoms with Crippen LogP contribution in [0.1, 0.15) is 51.6 Å². The highest BCUT2D eigenvalue weighted by atomic mass is 15.4. The Morgan fingerprint density at radius 2 is 2.11 bits per heavy atom. The number of rotatable bonds is 6. The average Bonchev–Trinajstić information content (AvgIpc) is 2.88. The van der Waals surface area contributed by atoms with E-state index < -0.39 is 0 Å². The predicted molar refractivity (Wildman–Crippen MR) is 73.1 cm³/mol. The molecule has 0 amide bonds. The van der Waals surface area contributed by atoms with Gasteiger partial charge >= 0.3 is 0 Å². The average molecular weight is 250 g/mol. The first-order valence-corrected chi connectivity index (χ1v) is 7.16. The molecule has 0 spiro atoms. The van der Waals surface area contributed by atoms with E-state index in [9.17, 15) is 0 Å². The normalized spacial score (nSPS) is 18.7. The van der Waals surface area contributed by atoms with Crippen molar-refractivity contribution in [3.8, 4) is 0 Å².